The zero-order valence-corrected chi connectivity index (χ0v) is 42.3. The van der Waals surface area contributed by atoms with Crippen molar-refractivity contribution in [2.45, 2.75) is 18.8 Å². The lowest BCUT2D eigenvalue weighted by Crippen LogP contribution is -2.10. The molecule has 0 aliphatic rings. The van der Waals surface area contributed by atoms with Crippen molar-refractivity contribution >= 4 is 81.7 Å². The molecule has 14 rings (SSSR count). The lowest BCUT2D eigenvalue weighted by atomic mass is 9.77. The number of nitrogens with zero attached hydrogens (tertiary/aromatic N) is 1. The molecule has 0 amide bonds. The summed E-state index contributed by atoms with van der Waals surface area (Å²) in [5.41, 5.74) is 14.5. The van der Waals surface area contributed by atoms with Crippen LogP contribution in [0.1, 0.15) is 35.4 Å². The summed E-state index contributed by atoms with van der Waals surface area (Å²) in [5, 5.41) is 15.5. The number of para-hydroxylation sites is 1. The van der Waals surface area contributed by atoms with Crippen LogP contribution >= 0.6 is 0 Å². The summed E-state index contributed by atoms with van der Waals surface area (Å²) in [7, 11) is 0. The van der Waals surface area contributed by atoms with Crippen LogP contribution in [-0.4, -0.2) is 0 Å². The van der Waals surface area contributed by atoms with E-state index in [1.54, 1.807) is 0 Å². The van der Waals surface area contributed by atoms with Gasteiger partial charge in [0.25, 0.3) is 0 Å². The highest BCUT2D eigenvalue weighted by Gasteiger charge is 2.24. The molecule has 14 aromatic carbocycles. The van der Waals surface area contributed by atoms with E-state index in [0.717, 1.165) is 17.1 Å². The molecule has 0 bridgehead atoms. The summed E-state index contributed by atoms with van der Waals surface area (Å²) in [5.74, 6) is 0.366. The Balaban J connectivity index is 0.765. The average Bonchev–Trinajstić information content (AvgIpc) is 3.58. The molecule has 14 aromatic rings. The Kier molecular flexibility index (Phi) is 11.3. The van der Waals surface area contributed by atoms with E-state index < -0.39 is 0 Å². The van der Waals surface area contributed by atoms with Crippen LogP contribution in [0.25, 0.3) is 98.0 Å². The Labute approximate surface area is 444 Å². The molecule has 2 unspecified atom stereocenters. The molecular weight excluding hydrogens is 915 g/mol. The maximum absolute atomic E-state index is 2.43. The zero-order valence-electron chi connectivity index (χ0n) is 42.3. The van der Waals surface area contributed by atoms with Gasteiger partial charge in [-0.15, -0.1) is 0 Å². The van der Waals surface area contributed by atoms with Crippen molar-refractivity contribution in [2.24, 2.45) is 0 Å². The van der Waals surface area contributed by atoms with Crippen LogP contribution in [0.15, 0.2) is 291 Å². The van der Waals surface area contributed by atoms with Gasteiger partial charge in [-0.1, -0.05) is 250 Å². The lowest BCUT2D eigenvalue weighted by Gasteiger charge is -2.27. The summed E-state index contributed by atoms with van der Waals surface area (Å²) in [6.07, 6.45) is 0. The topological polar surface area (TPSA) is 3.24 Å². The molecular formula is C75H53N. The summed E-state index contributed by atoms with van der Waals surface area (Å²) in [6.45, 7) is 2.39. The molecule has 0 N–H and O–H groups in total. The minimum atomic E-state index is 0.153. The molecule has 1 heteroatoms. The van der Waals surface area contributed by atoms with Crippen LogP contribution in [-0.2, 0) is 0 Å². The predicted molar refractivity (Wildman–Crippen MR) is 326 cm³/mol. The highest BCUT2D eigenvalue weighted by atomic mass is 15.1. The summed E-state index contributed by atoms with van der Waals surface area (Å²) in [4.78, 5) is 2.37. The van der Waals surface area contributed by atoms with Gasteiger partial charge in [-0.2, -0.15) is 0 Å². The highest BCUT2D eigenvalue weighted by molar-refractivity contribution is 6.27. The second-order valence-corrected chi connectivity index (χ2v) is 20.4. The fourth-order valence-corrected chi connectivity index (χ4v) is 12.3. The minimum Gasteiger partial charge on any atom is -0.310 e. The first-order chi connectivity index (χ1) is 37.6. The number of benzene rings is 14. The number of hydrogen-bond acceptors (Lipinski definition) is 1. The third-order valence-electron chi connectivity index (χ3n) is 16.1. The van der Waals surface area contributed by atoms with E-state index in [-0.39, 0.29) is 11.8 Å². The SMILES string of the molecule is CC(c1ccc(-c2ccc(N(c3ccccc3)c3cccc(-c4ccc5c6ccccc6c6ccccc6c5c4)c3)cc2)cc1)C(c1ccccc1)c1cccc(-c2ccc3c4ccccc4c4ccccc4c3c2)c1. The largest absolute Gasteiger partial charge is 0.310 e. The molecule has 0 saturated carbocycles. The first-order valence-electron chi connectivity index (χ1n) is 26.6. The van der Waals surface area contributed by atoms with Gasteiger partial charge >= 0.3 is 0 Å². The van der Waals surface area contributed by atoms with Crippen molar-refractivity contribution < 1.29 is 0 Å². The van der Waals surface area contributed by atoms with Gasteiger partial charge in [-0.3, -0.25) is 0 Å². The predicted octanol–water partition coefficient (Wildman–Crippen LogP) is 21.0. The van der Waals surface area contributed by atoms with Crippen LogP contribution in [0.5, 0.6) is 0 Å². The van der Waals surface area contributed by atoms with Gasteiger partial charge < -0.3 is 4.90 Å². The molecule has 0 aromatic heterocycles. The highest BCUT2D eigenvalue weighted by Crippen LogP contribution is 2.44. The van der Waals surface area contributed by atoms with Crippen LogP contribution in [0, 0.1) is 0 Å². The minimum absolute atomic E-state index is 0.153. The first-order valence-corrected chi connectivity index (χ1v) is 26.6. The van der Waals surface area contributed by atoms with Crippen molar-refractivity contribution in [3.05, 3.63) is 308 Å². The molecule has 0 aliphatic carbocycles. The molecule has 0 saturated heterocycles. The Hall–Kier alpha value is -9.56. The van der Waals surface area contributed by atoms with Crippen LogP contribution in [0.3, 0.4) is 0 Å². The van der Waals surface area contributed by atoms with Crippen molar-refractivity contribution in [1.82, 2.24) is 0 Å². The Morgan fingerprint density at radius 3 is 1.05 bits per heavy atom. The van der Waals surface area contributed by atoms with E-state index in [1.807, 2.05) is 0 Å². The normalized spacial score (nSPS) is 12.4. The third kappa shape index (κ3) is 7.97. The van der Waals surface area contributed by atoms with E-state index in [9.17, 15) is 0 Å². The van der Waals surface area contributed by atoms with Crippen LogP contribution < -0.4 is 4.90 Å². The first kappa shape index (κ1) is 45.1. The summed E-state index contributed by atoms with van der Waals surface area (Å²) in [6, 6.07) is 108. The van der Waals surface area contributed by atoms with Crippen molar-refractivity contribution in [1.29, 1.82) is 0 Å². The Morgan fingerprint density at radius 2 is 0.553 bits per heavy atom. The van der Waals surface area contributed by atoms with Crippen LogP contribution in [0.2, 0.25) is 0 Å². The number of hydrogen-bond donors (Lipinski definition) is 0. The molecule has 0 spiro atoms. The molecule has 0 fully saturated rings. The van der Waals surface area contributed by atoms with Crippen molar-refractivity contribution in [2.75, 3.05) is 4.90 Å². The van der Waals surface area contributed by atoms with Gasteiger partial charge in [0.05, 0.1) is 0 Å². The molecule has 0 heterocycles. The second-order valence-electron chi connectivity index (χ2n) is 20.4. The van der Waals surface area contributed by atoms with E-state index in [0.29, 0.717) is 0 Å². The van der Waals surface area contributed by atoms with E-state index >= 15 is 0 Å². The van der Waals surface area contributed by atoms with Gasteiger partial charge in [-0.05, 0) is 169 Å². The molecule has 2 atom stereocenters. The average molecular weight is 968 g/mol. The maximum atomic E-state index is 2.43. The quantitative estimate of drug-likeness (QED) is 0.123. The number of anilines is 3. The molecule has 0 aliphatic heterocycles. The summed E-state index contributed by atoms with van der Waals surface area (Å²) < 4.78 is 0. The van der Waals surface area contributed by atoms with Gasteiger partial charge in [0, 0.05) is 23.0 Å². The zero-order chi connectivity index (χ0) is 50.5. The van der Waals surface area contributed by atoms with Gasteiger partial charge in [0.15, 0.2) is 0 Å². The monoisotopic (exact) mass is 967 g/mol. The molecule has 1 nitrogen and oxygen atoms in total. The smallest absolute Gasteiger partial charge is 0.0467 e. The maximum Gasteiger partial charge on any atom is 0.0467 e. The number of rotatable bonds is 10. The molecule has 76 heavy (non-hydrogen) atoms. The fourth-order valence-electron chi connectivity index (χ4n) is 12.3. The van der Waals surface area contributed by atoms with Gasteiger partial charge in [0.2, 0.25) is 0 Å². The van der Waals surface area contributed by atoms with Gasteiger partial charge in [-0.25, -0.2) is 0 Å². The van der Waals surface area contributed by atoms with Gasteiger partial charge in [0.1, 0.15) is 0 Å². The van der Waals surface area contributed by atoms with Crippen molar-refractivity contribution in [3.63, 3.8) is 0 Å². The van der Waals surface area contributed by atoms with Crippen molar-refractivity contribution in [3.8, 4) is 33.4 Å². The van der Waals surface area contributed by atoms with Crippen LogP contribution in [0.4, 0.5) is 17.1 Å². The Bertz CT molecular complexity index is 4390. The fraction of sp³-hybridized carbons (Fsp3) is 0.0400. The molecule has 358 valence electrons. The Morgan fingerprint density at radius 1 is 0.211 bits per heavy atom. The number of fused-ring (bicyclic) bond motifs is 12. The van der Waals surface area contributed by atoms with E-state index in [4.69, 9.17) is 0 Å². The summed E-state index contributed by atoms with van der Waals surface area (Å²) >= 11 is 0. The van der Waals surface area contributed by atoms with E-state index in [1.165, 1.54) is 115 Å². The lowest BCUT2D eigenvalue weighted by molar-refractivity contribution is 0.658. The molecule has 0 radical (unpaired) electrons. The third-order valence-corrected chi connectivity index (χ3v) is 16.1. The second kappa shape index (κ2) is 19.0. The van der Waals surface area contributed by atoms with E-state index in [2.05, 4.69) is 303 Å². The standard InChI is InChI=1S/C75H53N/c1-50(75(54-18-4-2-5-19-54)59-22-16-20-55(46-59)57-40-44-71-67-30-10-8-26-63(67)65-28-12-14-32-69(65)73(71)48-57)51-34-36-52(37-35-51)53-38-42-61(43-39-53)76(60-23-6-3-7-24-60)62-25-17-21-56(47-62)58-41-45-72-68-31-11-9-27-64(68)66-29-13-15-33-70(66)74(72)49-58/h2-50,75H,1H3.